The molecule has 1 N–H and O–H groups in total. The zero-order valence-corrected chi connectivity index (χ0v) is 10.8. The number of rotatable bonds is 6. The van der Waals surface area contributed by atoms with E-state index < -0.39 is 0 Å². The highest BCUT2D eigenvalue weighted by atomic mass is 16.5. The number of nitrogens with one attached hydrogen (secondary N) is 1. The maximum atomic E-state index is 5.71. The summed E-state index contributed by atoms with van der Waals surface area (Å²) in [5.41, 5.74) is 0.939. The first-order chi connectivity index (χ1) is 8.85. The molecule has 2 rings (SSSR count). The SMILES string of the molecule is CCNCc1ncc(-c2ccccc2OCC)o1. The van der Waals surface area contributed by atoms with Crippen LogP contribution in [0.1, 0.15) is 19.7 Å². The van der Waals surface area contributed by atoms with Gasteiger partial charge in [-0.3, -0.25) is 0 Å². The van der Waals surface area contributed by atoms with Crippen molar-refractivity contribution in [3.8, 4) is 17.1 Å². The number of oxazole rings is 1. The highest BCUT2D eigenvalue weighted by Gasteiger charge is 2.10. The third-order valence-corrected chi connectivity index (χ3v) is 2.53. The third kappa shape index (κ3) is 2.90. The average molecular weight is 246 g/mol. The molecule has 0 atom stereocenters. The summed E-state index contributed by atoms with van der Waals surface area (Å²) >= 11 is 0. The van der Waals surface area contributed by atoms with Crippen molar-refractivity contribution in [2.75, 3.05) is 13.2 Å². The lowest BCUT2D eigenvalue weighted by Gasteiger charge is -2.07. The molecule has 18 heavy (non-hydrogen) atoms. The Balaban J connectivity index is 2.22. The molecule has 0 bridgehead atoms. The van der Waals surface area contributed by atoms with E-state index in [1.807, 2.05) is 38.1 Å². The molecule has 4 nitrogen and oxygen atoms in total. The highest BCUT2D eigenvalue weighted by Crippen LogP contribution is 2.30. The van der Waals surface area contributed by atoms with Gasteiger partial charge >= 0.3 is 0 Å². The van der Waals surface area contributed by atoms with Crippen LogP contribution in [0.15, 0.2) is 34.9 Å². The fourth-order valence-corrected chi connectivity index (χ4v) is 1.70. The summed E-state index contributed by atoms with van der Waals surface area (Å²) in [4.78, 5) is 4.25. The Morgan fingerprint density at radius 3 is 2.89 bits per heavy atom. The van der Waals surface area contributed by atoms with Crippen LogP contribution in [0.4, 0.5) is 0 Å². The lowest BCUT2D eigenvalue weighted by molar-refractivity contribution is 0.340. The van der Waals surface area contributed by atoms with Gasteiger partial charge in [-0.25, -0.2) is 4.98 Å². The average Bonchev–Trinajstić information content (AvgIpc) is 2.86. The molecule has 0 saturated carbocycles. The fourth-order valence-electron chi connectivity index (χ4n) is 1.70. The van der Waals surface area contributed by atoms with Crippen LogP contribution in [0.25, 0.3) is 11.3 Å². The van der Waals surface area contributed by atoms with E-state index in [0.29, 0.717) is 19.0 Å². The molecule has 4 heteroatoms. The van der Waals surface area contributed by atoms with E-state index in [9.17, 15) is 0 Å². The molecular weight excluding hydrogens is 228 g/mol. The van der Waals surface area contributed by atoms with E-state index >= 15 is 0 Å². The molecule has 0 radical (unpaired) electrons. The molecular formula is C14H18N2O2. The molecule has 1 aromatic heterocycles. The van der Waals surface area contributed by atoms with Gasteiger partial charge in [-0.05, 0) is 25.6 Å². The van der Waals surface area contributed by atoms with Crippen LogP contribution >= 0.6 is 0 Å². The molecule has 0 saturated heterocycles. The number of ether oxygens (including phenoxy) is 1. The van der Waals surface area contributed by atoms with Crippen molar-refractivity contribution in [1.82, 2.24) is 10.3 Å². The van der Waals surface area contributed by atoms with Gasteiger partial charge in [-0.1, -0.05) is 19.1 Å². The lowest BCUT2D eigenvalue weighted by atomic mass is 10.1. The summed E-state index contributed by atoms with van der Waals surface area (Å²) < 4.78 is 11.3. The Kier molecular flexibility index (Phi) is 4.36. The number of hydrogen-bond acceptors (Lipinski definition) is 4. The van der Waals surface area contributed by atoms with Crippen molar-refractivity contribution >= 4 is 0 Å². The van der Waals surface area contributed by atoms with E-state index in [0.717, 1.165) is 23.6 Å². The summed E-state index contributed by atoms with van der Waals surface area (Å²) in [6, 6.07) is 7.82. The molecule has 1 heterocycles. The number of nitrogens with zero attached hydrogens (tertiary/aromatic N) is 1. The third-order valence-electron chi connectivity index (χ3n) is 2.53. The smallest absolute Gasteiger partial charge is 0.208 e. The highest BCUT2D eigenvalue weighted by molar-refractivity contribution is 5.64. The lowest BCUT2D eigenvalue weighted by Crippen LogP contribution is -2.11. The van der Waals surface area contributed by atoms with E-state index in [2.05, 4.69) is 10.3 Å². The molecule has 0 aliphatic heterocycles. The van der Waals surface area contributed by atoms with Crippen LogP contribution in [0, 0.1) is 0 Å². The predicted molar refractivity (Wildman–Crippen MR) is 70.5 cm³/mol. The van der Waals surface area contributed by atoms with Crippen molar-refractivity contribution in [3.05, 3.63) is 36.4 Å². The zero-order chi connectivity index (χ0) is 12.8. The van der Waals surface area contributed by atoms with Crippen LogP contribution < -0.4 is 10.1 Å². The molecule has 0 aliphatic rings. The maximum Gasteiger partial charge on any atom is 0.208 e. The second kappa shape index (κ2) is 6.21. The van der Waals surface area contributed by atoms with Crippen molar-refractivity contribution in [3.63, 3.8) is 0 Å². The van der Waals surface area contributed by atoms with Crippen LogP contribution in [0.2, 0.25) is 0 Å². The van der Waals surface area contributed by atoms with Crippen molar-refractivity contribution in [2.45, 2.75) is 20.4 Å². The Morgan fingerprint density at radius 1 is 1.28 bits per heavy atom. The van der Waals surface area contributed by atoms with E-state index in [1.54, 1.807) is 6.20 Å². The standard InChI is InChI=1S/C14H18N2O2/c1-3-15-10-14-16-9-13(18-14)11-7-5-6-8-12(11)17-4-2/h5-9,15H,3-4,10H2,1-2H3. The topological polar surface area (TPSA) is 47.3 Å². The second-order valence-electron chi connectivity index (χ2n) is 3.83. The molecule has 96 valence electrons. The summed E-state index contributed by atoms with van der Waals surface area (Å²) in [5, 5.41) is 3.18. The summed E-state index contributed by atoms with van der Waals surface area (Å²) in [6.07, 6.45) is 1.74. The Hall–Kier alpha value is -1.81. The molecule has 0 aliphatic carbocycles. The molecule has 0 fully saturated rings. The molecule has 0 unspecified atom stereocenters. The Labute approximate surface area is 107 Å². The largest absolute Gasteiger partial charge is 0.493 e. The fraction of sp³-hybridized carbons (Fsp3) is 0.357. The van der Waals surface area contributed by atoms with Crippen LogP contribution in [-0.4, -0.2) is 18.1 Å². The summed E-state index contributed by atoms with van der Waals surface area (Å²) in [5.74, 6) is 2.26. The molecule has 0 amide bonds. The van der Waals surface area contributed by atoms with Gasteiger partial charge in [0.05, 0.1) is 24.9 Å². The van der Waals surface area contributed by atoms with Gasteiger partial charge in [-0.2, -0.15) is 0 Å². The monoisotopic (exact) mass is 246 g/mol. The van der Waals surface area contributed by atoms with Crippen LogP contribution in [-0.2, 0) is 6.54 Å². The number of benzene rings is 1. The van der Waals surface area contributed by atoms with Gasteiger partial charge in [0.25, 0.3) is 0 Å². The normalized spacial score (nSPS) is 10.6. The molecule has 1 aromatic carbocycles. The van der Waals surface area contributed by atoms with E-state index in [-0.39, 0.29) is 0 Å². The number of hydrogen-bond donors (Lipinski definition) is 1. The minimum absolute atomic E-state index is 0.634. The minimum Gasteiger partial charge on any atom is -0.493 e. The summed E-state index contributed by atoms with van der Waals surface area (Å²) in [6.45, 7) is 6.19. The zero-order valence-electron chi connectivity index (χ0n) is 10.8. The number of para-hydroxylation sites is 1. The van der Waals surface area contributed by atoms with Crippen LogP contribution in [0.5, 0.6) is 5.75 Å². The van der Waals surface area contributed by atoms with Gasteiger partial charge in [0.15, 0.2) is 5.76 Å². The van der Waals surface area contributed by atoms with Gasteiger partial charge in [-0.15, -0.1) is 0 Å². The quantitative estimate of drug-likeness (QED) is 0.851. The van der Waals surface area contributed by atoms with E-state index in [1.165, 1.54) is 0 Å². The molecule has 2 aromatic rings. The number of aromatic nitrogens is 1. The van der Waals surface area contributed by atoms with Crippen LogP contribution in [0.3, 0.4) is 0 Å². The first-order valence-corrected chi connectivity index (χ1v) is 6.22. The first-order valence-electron chi connectivity index (χ1n) is 6.22. The van der Waals surface area contributed by atoms with Crippen molar-refractivity contribution in [1.29, 1.82) is 0 Å². The van der Waals surface area contributed by atoms with Crippen molar-refractivity contribution in [2.24, 2.45) is 0 Å². The van der Waals surface area contributed by atoms with Gasteiger partial charge in [0, 0.05) is 0 Å². The van der Waals surface area contributed by atoms with Gasteiger partial charge in [0.1, 0.15) is 5.75 Å². The van der Waals surface area contributed by atoms with Crippen molar-refractivity contribution < 1.29 is 9.15 Å². The Bertz CT molecular complexity index is 494. The summed E-state index contributed by atoms with van der Waals surface area (Å²) in [7, 11) is 0. The Morgan fingerprint density at radius 2 is 2.11 bits per heavy atom. The maximum absolute atomic E-state index is 5.71. The minimum atomic E-state index is 0.634. The second-order valence-corrected chi connectivity index (χ2v) is 3.83. The molecule has 0 spiro atoms. The van der Waals surface area contributed by atoms with Gasteiger partial charge in [0.2, 0.25) is 5.89 Å². The van der Waals surface area contributed by atoms with E-state index in [4.69, 9.17) is 9.15 Å². The predicted octanol–water partition coefficient (Wildman–Crippen LogP) is 2.85. The first kappa shape index (κ1) is 12.6. The van der Waals surface area contributed by atoms with Gasteiger partial charge < -0.3 is 14.5 Å².